The normalized spacial score (nSPS) is 13.1. The Morgan fingerprint density at radius 2 is 1.13 bits per heavy atom. The van der Waals surface area contributed by atoms with Crippen molar-refractivity contribution in [2.75, 3.05) is 6.61 Å². The maximum atomic E-state index is 14.4. The van der Waals surface area contributed by atoms with Gasteiger partial charge in [-0.15, -0.1) is 0 Å². The van der Waals surface area contributed by atoms with Crippen molar-refractivity contribution in [2.24, 2.45) is 0 Å². The second-order valence-corrected chi connectivity index (χ2v) is 8.53. The Morgan fingerprint density at radius 1 is 0.711 bits per heavy atom. The Hall–Kier alpha value is -4.62. The molecule has 0 fully saturated rings. The highest BCUT2D eigenvalue weighted by Crippen LogP contribution is 2.22. The Balaban J connectivity index is 1.37. The largest absolute Gasteiger partial charge is 0.459 e. The average molecular weight is 512 g/mol. The lowest BCUT2D eigenvalue weighted by Gasteiger charge is -2.24. The topological polar surface area (TPSA) is 96.7 Å². The summed E-state index contributed by atoms with van der Waals surface area (Å²) in [6.45, 7) is -0.627. The third-order valence-corrected chi connectivity index (χ3v) is 5.94. The fraction of sp³-hybridized carbons (Fsp3) is 0.129. The van der Waals surface area contributed by atoms with Crippen LogP contribution in [0.3, 0.4) is 0 Å². The number of carbonyl (C=O) groups excluding carboxylic acids is 2. The van der Waals surface area contributed by atoms with Crippen LogP contribution >= 0.6 is 0 Å². The van der Waals surface area contributed by atoms with E-state index >= 15 is 0 Å². The number of esters is 2. The van der Waals surface area contributed by atoms with Gasteiger partial charge in [-0.1, -0.05) is 84.9 Å². The first-order valence-corrected chi connectivity index (χ1v) is 12.0. The number of aliphatic hydroxyl groups excluding tert-OH is 1. The van der Waals surface area contributed by atoms with E-state index in [1.807, 2.05) is 60.7 Å². The van der Waals surface area contributed by atoms with Crippen LogP contribution in [0, 0.1) is 5.41 Å². The molecule has 0 aliphatic heterocycles. The van der Waals surface area contributed by atoms with E-state index < -0.39 is 36.9 Å². The van der Waals surface area contributed by atoms with Crippen LogP contribution in [0.25, 0.3) is 22.3 Å². The van der Waals surface area contributed by atoms with Gasteiger partial charge < -0.3 is 20.0 Å². The number of halogens is 1. The monoisotopic (exact) mass is 511 g/mol. The number of hydrogen-bond acceptors (Lipinski definition) is 6. The molecule has 0 amide bonds. The molecule has 4 aromatic carbocycles. The van der Waals surface area contributed by atoms with Crippen molar-refractivity contribution in [1.29, 1.82) is 5.41 Å². The predicted molar refractivity (Wildman–Crippen MR) is 143 cm³/mol. The molecule has 7 heteroatoms. The van der Waals surface area contributed by atoms with Crippen LogP contribution in [0.2, 0.25) is 0 Å². The molecule has 0 saturated heterocycles. The summed E-state index contributed by atoms with van der Waals surface area (Å²) >= 11 is 0. The van der Waals surface area contributed by atoms with Crippen molar-refractivity contribution in [3.8, 4) is 22.3 Å². The van der Waals surface area contributed by atoms with Crippen LogP contribution in [0.4, 0.5) is 4.39 Å². The molecule has 0 aliphatic carbocycles. The van der Waals surface area contributed by atoms with Crippen LogP contribution < -0.4 is 0 Å². The molecule has 2 N–H and O–H groups in total. The van der Waals surface area contributed by atoms with Crippen molar-refractivity contribution in [1.82, 2.24) is 0 Å². The van der Waals surface area contributed by atoms with Gasteiger partial charge in [-0.05, 0) is 46.5 Å². The van der Waals surface area contributed by atoms with Gasteiger partial charge >= 0.3 is 11.9 Å². The van der Waals surface area contributed by atoms with Gasteiger partial charge in [0.1, 0.15) is 12.7 Å². The zero-order valence-electron chi connectivity index (χ0n) is 20.4. The first-order chi connectivity index (χ1) is 18.5. The van der Waals surface area contributed by atoms with E-state index in [-0.39, 0.29) is 11.1 Å². The van der Waals surface area contributed by atoms with E-state index in [1.165, 1.54) is 12.1 Å². The van der Waals surface area contributed by atoms with E-state index in [9.17, 15) is 19.1 Å². The minimum Gasteiger partial charge on any atom is -0.459 e. The zero-order chi connectivity index (χ0) is 26.9. The van der Waals surface area contributed by atoms with Crippen LogP contribution in [-0.2, 0) is 9.47 Å². The first-order valence-electron chi connectivity index (χ1n) is 12.0. The first kappa shape index (κ1) is 26.4. The molecule has 0 aliphatic rings. The summed E-state index contributed by atoms with van der Waals surface area (Å²) in [5.41, 5.74) is 4.14. The Kier molecular flexibility index (Phi) is 8.74. The number of hydrogen-bond donors (Lipinski definition) is 2. The van der Waals surface area contributed by atoms with Gasteiger partial charge in [-0.2, -0.15) is 0 Å². The van der Waals surface area contributed by atoms with Gasteiger partial charge in [0, 0.05) is 6.21 Å². The molecular weight excluding hydrogens is 485 g/mol. The maximum Gasteiger partial charge on any atom is 0.338 e. The summed E-state index contributed by atoms with van der Waals surface area (Å²) in [5.74, 6) is -1.60. The van der Waals surface area contributed by atoms with E-state index in [4.69, 9.17) is 14.9 Å². The van der Waals surface area contributed by atoms with Gasteiger partial charge in [-0.3, -0.25) is 0 Å². The molecule has 1 unspecified atom stereocenters. The maximum absolute atomic E-state index is 14.4. The SMILES string of the molecule is N=C[C@@H](F)[C@H](OC(=O)c1ccc(-c2ccccc2)cc1)C(O)COC(=O)c1ccc(-c2ccccc2)cc1. The molecule has 0 radical (unpaired) electrons. The van der Waals surface area contributed by atoms with Crippen molar-refractivity contribution >= 4 is 18.2 Å². The molecule has 192 valence electrons. The molecule has 4 rings (SSSR count). The predicted octanol–water partition coefficient (Wildman–Crippen LogP) is 5.75. The van der Waals surface area contributed by atoms with Crippen LogP contribution in [-0.4, -0.2) is 48.2 Å². The number of alkyl halides is 1. The molecule has 6 nitrogen and oxygen atoms in total. The number of ether oxygens (including phenoxy) is 2. The fourth-order valence-corrected chi connectivity index (χ4v) is 3.84. The summed E-state index contributed by atoms with van der Waals surface area (Å²) in [5, 5.41) is 17.7. The number of benzene rings is 4. The van der Waals surface area contributed by atoms with E-state index in [0.717, 1.165) is 22.3 Å². The summed E-state index contributed by atoms with van der Waals surface area (Å²) in [4.78, 5) is 25.1. The lowest BCUT2D eigenvalue weighted by atomic mass is 10.0. The summed E-state index contributed by atoms with van der Waals surface area (Å²) in [6.07, 6.45) is -5.10. The number of rotatable bonds is 10. The van der Waals surface area contributed by atoms with Gasteiger partial charge in [0.05, 0.1) is 11.1 Å². The Morgan fingerprint density at radius 3 is 1.58 bits per heavy atom. The summed E-state index contributed by atoms with van der Waals surface area (Å²) < 4.78 is 24.8. The van der Waals surface area contributed by atoms with E-state index in [0.29, 0.717) is 6.21 Å². The number of aliphatic hydroxyl groups is 1. The number of nitrogens with one attached hydrogen (secondary N) is 1. The lowest BCUT2D eigenvalue weighted by molar-refractivity contribution is -0.0591. The third kappa shape index (κ3) is 6.57. The van der Waals surface area contributed by atoms with Crippen molar-refractivity contribution < 1.29 is 28.6 Å². The molecule has 0 saturated carbocycles. The van der Waals surface area contributed by atoms with Gasteiger partial charge in [0.25, 0.3) is 0 Å². The van der Waals surface area contributed by atoms with Crippen molar-refractivity contribution in [3.05, 3.63) is 120 Å². The Bertz CT molecular complexity index is 1360. The smallest absolute Gasteiger partial charge is 0.338 e. The highest BCUT2D eigenvalue weighted by atomic mass is 19.1. The molecule has 0 heterocycles. The summed E-state index contributed by atoms with van der Waals surface area (Å²) in [6, 6.07) is 32.4. The average Bonchev–Trinajstić information content (AvgIpc) is 2.99. The highest BCUT2D eigenvalue weighted by molar-refractivity contribution is 5.91. The molecule has 0 spiro atoms. The second kappa shape index (κ2) is 12.6. The zero-order valence-corrected chi connectivity index (χ0v) is 20.4. The van der Waals surface area contributed by atoms with E-state index in [2.05, 4.69) is 0 Å². The minimum atomic E-state index is -2.10. The lowest BCUT2D eigenvalue weighted by Crippen LogP contribution is -2.42. The standard InChI is InChI=1S/C31H26FNO5/c32-27(19-33)29(38-31(36)26-17-13-24(14-18-26)22-9-5-2-6-10-22)28(34)20-37-30(35)25-15-11-23(12-16-25)21-7-3-1-4-8-21/h1-19,27-29,33-34H,20H2/t27-,28?,29+/m1/s1. The van der Waals surface area contributed by atoms with Crippen LogP contribution in [0.5, 0.6) is 0 Å². The molecule has 0 aromatic heterocycles. The van der Waals surface area contributed by atoms with Crippen molar-refractivity contribution in [3.63, 3.8) is 0 Å². The van der Waals surface area contributed by atoms with Gasteiger partial charge in [0.15, 0.2) is 12.3 Å². The van der Waals surface area contributed by atoms with E-state index in [1.54, 1.807) is 36.4 Å². The van der Waals surface area contributed by atoms with Crippen LogP contribution in [0.15, 0.2) is 109 Å². The third-order valence-electron chi connectivity index (χ3n) is 5.94. The minimum absolute atomic E-state index is 0.148. The fourth-order valence-electron chi connectivity index (χ4n) is 3.84. The molecule has 3 atom stereocenters. The van der Waals surface area contributed by atoms with Gasteiger partial charge in [0.2, 0.25) is 0 Å². The van der Waals surface area contributed by atoms with Crippen molar-refractivity contribution in [2.45, 2.75) is 18.4 Å². The second-order valence-electron chi connectivity index (χ2n) is 8.53. The van der Waals surface area contributed by atoms with Gasteiger partial charge in [-0.25, -0.2) is 14.0 Å². The summed E-state index contributed by atoms with van der Waals surface area (Å²) in [7, 11) is 0. The highest BCUT2D eigenvalue weighted by Gasteiger charge is 2.32. The Labute approximate surface area is 219 Å². The molecule has 4 aromatic rings. The number of carbonyl (C=O) groups is 2. The molecule has 38 heavy (non-hydrogen) atoms. The van der Waals surface area contributed by atoms with Crippen LogP contribution in [0.1, 0.15) is 20.7 Å². The molecule has 0 bridgehead atoms. The molecular formula is C31H26FNO5. The quantitative estimate of drug-likeness (QED) is 0.209.